The first-order valence-corrected chi connectivity index (χ1v) is 11.6. The van der Waals surface area contributed by atoms with E-state index in [-0.39, 0.29) is 34.7 Å². The molecular weight excluding hydrogens is 422 g/mol. The molecule has 31 heavy (non-hydrogen) atoms. The number of sulfone groups is 1. The molecule has 3 rings (SSSR count). The minimum Gasteiger partial charge on any atom is -0.507 e. The maximum absolute atomic E-state index is 12.6. The molecule has 1 amide bonds. The Kier molecular flexibility index (Phi) is 6.54. The molecule has 0 aromatic heterocycles. The van der Waals surface area contributed by atoms with Gasteiger partial charge in [0.05, 0.1) is 12.4 Å². The van der Waals surface area contributed by atoms with Gasteiger partial charge in [-0.1, -0.05) is 0 Å². The Morgan fingerprint density at radius 3 is 2.35 bits per heavy atom. The Bertz CT molecular complexity index is 1100. The van der Waals surface area contributed by atoms with Crippen molar-refractivity contribution in [3.63, 3.8) is 0 Å². The number of amides is 1. The number of rotatable bonds is 7. The maximum atomic E-state index is 12.6. The predicted octanol–water partition coefficient (Wildman–Crippen LogP) is 3.49. The van der Waals surface area contributed by atoms with Crippen LogP contribution < -0.4 is 10.1 Å². The van der Waals surface area contributed by atoms with Gasteiger partial charge in [0.1, 0.15) is 22.1 Å². The third kappa shape index (κ3) is 5.55. The van der Waals surface area contributed by atoms with E-state index in [0.717, 1.165) is 12.8 Å². The summed E-state index contributed by atoms with van der Waals surface area (Å²) in [6, 6.07) is 7.37. The number of hydrogen-bond donors (Lipinski definition) is 2. The lowest BCUT2D eigenvalue weighted by Crippen LogP contribution is -2.25. The SMILES string of the molecule is CCOC(=O)C(=O)Nc1cc(C)c(Oc2ccc(O)c(S(=O)(=O)CC3CC3)c2)c(C)c1. The van der Waals surface area contributed by atoms with E-state index in [9.17, 15) is 23.1 Å². The van der Waals surface area contributed by atoms with Crippen LogP contribution in [0, 0.1) is 19.8 Å². The highest BCUT2D eigenvalue weighted by Crippen LogP contribution is 2.37. The number of aromatic hydroxyl groups is 1. The summed E-state index contributed by atoms with van der Waals surface area (Å²) in [5, 5.41) is 12.5. The number of phenolic OH excluding ortho intramolecular Hbond substituents is 1. The minimum absolute atomic E-state index is 0.0108. The van der Waals surface area contributed by atoms with E-state index < -0.39 is 21.7 Å². The molecule has 2 N–H and O–H groups in total. The zero-order valence-electron chi connectivity index (χ0n) is 17.6. The number of carbonyl (C=O) groups is 2. The second kappa shape index (κ2) is 8.97. The first-order chi connectivity index (χ1) is 14.6. The molecule has 9 heteroatoms. The quantitative estimate of drug-likeness (QED) is 0.492. The molecule has 1 saturated carbocycles. The molecule has 1 aliphatic rings. The Hall–Kier alpha value is -3.07. The molecule has 0 saturated heterocycles. The van der Waals surface area contributed by atoms with E-state index in [1.54, 1.807) is 32.9 Å². The minimum atomic E-state index is -3.62. The van der Waals surface area contributed by atoms with Crippen LogP contribution in [0.4, 0.5) is 5.69 Å². The van der Waals surface area contributed by atoms with Gasteiger partial charge in [0.2, 0.25) is 0 Å². The van der Waals surface area contributed by atoms with Gasteiger partial charge < -0.3 is 19.9 Å². The standard InChI is InChI=1S/C22H25NO7S/c1-4-29-22(26)21(25)23-16-9-13(2)20(14(3)10-16)30-17-7-8-18(24)19(11-17)31(27,28)12-15-5-6-15/h7-11,15,24H,4-6,12H2,1-3H3,(H,23,25). The van der Waals surface area contributed by atoms with Crippen LogP contribution in [0.3, 0.4) is 0 Å². The lowest BCUT2D eigenvalue weighted by Gasteiger charge is -2.15. The highest BCUT2D eigenvalue weighted by molar-refractivity contribution is 7.91. The smallest absolute Gasteiger partial charge is 0.397 e. The van der Waals surface area contributed by atoms with E-state index in [0.29, 0.717) is 22.6 Å². The fourth-order valence-electron chi connectivity index (χ4n) is 3.17. The van der Waals surface area contributed by atoms with Crippen LogP contribution in [-0.2, 0) is 24.2 Å². The number of aryl methyl sites for hydroxylation is 2. The fraction of sp³-hybridized carbons (Fsp3) is 0.364. The molecule has 0 spiro atoms. The van der Waals surface area contributed by atoms with Crippen LogP contribution in [0.15, 0.2) is 35.2 Å². The third-order valence-corrected chi connectivity index (χ3v) is 6.72. The summed E-state index contributed by atoms with van der Waals surface area (Å²) in [5.74, 6) is -1.25. The van der Waals surface area contributed by atoms with Crippen molar-refractivity contribution in [3.05, 3.63) is 41.5 Å². The number of hydrogen-bond acceptors (Lipinski definition) is 7. The van der Waals surface area contributed by atoms with Gasteiger partial charge in [0, 0.05) is 11.8 Å². The molecule has 1 fully saturated rings. The zero-order chi connectivity index (χ0) is 22.8. The number of esters is 1. The molecular formula is C22H25NO7S. The van der Waals surface area contributed by atoms with Crippen LogP contribution in [0.2, 0.25) is 0 Å². The van der Waals surface area contributed by atoms with Gasteiger partial charge in [-0.15, -0.1) is 0 Å². The van der Waals surface area contributed by atoms with Gasteiger partial charge in [0.25, 0.3) is 0 Å². The summed E-state index contributed by atoms with van der Waals surface area (Å²) in [5.41, 5.74) is 1.73. The molecule has 1 aliphatic carbocycles. The molecule has 0 bridgehead atoms. The Morgan fingerprint density at radius 2 is 1.77 bits per heavy atom. The van der Waals surface area contributed by atoms with Gasteiger partial charge in [-0.05, 0) is 74.9 Å². The van der Waals surface area contributed by atoms with Gasteiger partial charge >= 0.3 is 11.9 Å². The molecule has 0 heterocycles. The van der Waals surface area contributed by atoms with Crippen molar-refractivity contribution in [1.29, 1.82) is 0 Å². The summed E-state index contributed by atoms with van der Waals surface area (Å²) in [6.45, 7) is 5.22. The number of anilines is 1. The van der Waals surface area contributed by atoms with Crippen molar-refractivity contribution < 1.29 is 32.6 Å². The van der Waals surface area contributed by atoms with Gasteiger partial charge in [-0.2, -0.15) is 0 Å². The van der Waals surface area contributed by atoms with Crippen molar-refractivity contribution in [2.45, 2.75) is 38.5 Å². The summed E-state index contributed by atoms with van der Waals surface area (Å²) < 4.78 is 35.8. The summed E-state index contributed by atoms with van der Waals surface area (Å²) >= 11 is 0. The summed E-state index contributed by atoms with van der Waals surface area (Å²) in [4.78, 5) is 23.2. The summed E-state index contributed by atoms with van der Waals surface area (Å²) in [6.07, 6.45) is 1.77. The number of ether oxygens (including phenoxy) is 2. The molecule has 0 radical (unpaired) electrons. The first kappa shape index (κ1) is 22.6. The van der Waals surface area contributed by atoms with Gasteiger partial charge in [-0.25, -0.2) is 13.2 Å². The Balaban J connectivity index is 1.82. The van der Waals surface area contributed by atoms with Gasteiger partial charge in [-0.3, -0.25) is 4.79 Å². The molecule has 2 aromatic carbocycles. The number of phenols is 1. The molecule has 166 valence electrons. The fourth-order valence-corrected chi connectivity index (χ4v) is 4.99. The zero-order valence-corrected chi connectivity index (χ0v) is 18.4. The average molecular weight is 448 g/mol. The second-order valence-electron chi connectivity index (χ2n) is 7.57. The van der Waals surface area contributed by atoms with E-state index >= 15 is 0 Å². The van der Waals surface area contributed by atoms with Crippen molar-refractivity contribution in [2.24, 2.45) is 5.92 Å². The van der Waals surface area contributed by atoms with E-state index in [4.69, 9.17) is 4.74 Å². The average Bonchev–Trinajstić information content (AvgIpc) is 3.49. The van der Waals surface area contributed by atoms with E-state index in [1.807, 2.05) is 0 Å². The number of carbonyl (C=O) groups excluding carboxylic acids is 2. The van der Waals surface area contributed by atoms with Crippen LogP contribution in [0.1, 0.15) is 30.9 Å². The second-order valence-corrected chi connectivity index (χ2v) is 9.57. The molecule has 8 nitrogen and oxygen atoms in total. The van der Waals surface area contributed by atoms with Crippen molar-refractivity contribution in [3.8, 4) is 17.2 Å². The number of nitrogens with one attached hydrogen (secondary N) is 1. The highest BCUT2D eigenvalue weighted by Gasteiger charge is 2.31. The Labute approximate surface area is 181 Å². The maximum Gasteiger partial charge on any atom is 0.397 e. The van der Waals surface area contributed by atoms with Crippen molar-refractivity contribution in [1.82, 2.24) is 0 Å². The van der Waals surface area contributed by atoms with Crippen LogP contribution in [0.5, 0.6) is 17.2 Å². The number of benzene rings is 2. The Morgan fingerprint density at radius 1 is 1.13 bits per heavy atom. The highest BCUT2D eigenvalue weighted by atomic mass is 32.2. The largest absolute Gasteiger partial charge is 0.507 e. The summed E-state index contributed by atoms with van der Waals surface area (Å²) in [7, 11) is -3.62. The van der Waals surface area contributed by atoms with Crippen molar-refractivity contribution in [2.75, 3.05) is 17.7 Å². The van der Waals surface area contributed by atoms with Crippen LogP contribution >= 0.6 is 0 Å². The third-order valence-electron chi connectivity index (χ3n) is 4.82. The lowest BCUT2D eigenvalue weighted by atomic mass is 10.1. The topological polar surface area (TPSA) is 119 Å². The van der Waals surface area contributed by atoms with E-state index in [1.165, 1.54) is 18.2 Å². The monoisotopic (exact) mass is 447 g/mol. The molecule has 2 aromatic rings. The molecule has 0 atom stereocenters. The lowest BCUT2D eigenvalue weighted by molar-refractivity contribution is -0.152. The normalized spacial score (nSPS) is 13.5. The van der Waals surface area contributed by atoms with E-state index in [2.05, 4.69) is 10.1 Å². The molecule has 0 aliphatic heterocycles. The van der Waals surface area contributed by atoms with Gasteiger partial charge in [0.15, 0.2) is 9.84 Å². The van der Waals surface area contributed by atoms with Crippen LogP contribution in [0.25, 0.3) is 0 Å². The van der Waals surface area contributed by atoms with Crippen LogP contribution in [-0.4, -0.2) is 37.8 Å². The molecule has 0 unspecified atom stereocenters. The predicted molar refractivity (Wildman–Crippen MR) is 114 cm³/mol. The first-order valence-electron chi connectivity index (χ1n) is 9.93. The van der Waals surface area contributed by atoms with Crippen molar-refractivity contribution >= 4 is 27.4 Å².